The van der Waals surface area contributed by atoms with Crippen LogP contribution in [0.15, 0.2) is 46.0 Å². The highest BCUT2D eigenvalue weighted by Crippen LogP contribution is 2.25. The van der Waals surface area contributed by atoms with Crippen LogP contribution < -0.4 is 10.6 Å². The fourth-order valence-electron chi connectivity index (χ4n) is 2.71. The summed E-state index contributed by atoms with van der Waals surface area (Å²) in [5.74, 6) is 5.97. The maximum Gasteiger partial charge on any atom is 0.252 e. The summed E-state index contributed by atoms with van der Waals surface area (Å²) in [6.45, 7) is 2.55. The summed E-state index contributed by atoms with van der Waals surface area (Å²) < 4.78 is 27.1. The predicted octanol–water partition coefficient (Wildman–Crippen LogP) is 1.57. The molecule has 0 aliphatic carbocycles. The van der Waals surface area contributed by atoms with Gasteiger partial charge in [0.1, 0.15) is 4.21 Å². The summed E-state index contributed by atoms with van der Waals surface area (Å²) in [6.07, 6.45) is 0. The largest absolute Gasteiger partial charge is 0.368 e. The van der Waals surface area contributed by atoms with Gasteiger partial charge in [-0.2, -0.15) is 4.31 Å². The van der Waals surface area contributed by atoms with Crippen molar-refractivity contribution in [1.82, 2.24) is 4.31 Å². The molecule has 0 radical (unpaired) electrons. The number of piperazine rings is 1. The van der Waals surface area contributed by atoms with Gasteiger partial charge in [0.05, 0.1) is 12.2 Å². The minimum atomic E-state index is -3.37. The van der Waals surface area contributed by atoms with Crippen molar-refractivity contribution in [2.24, 2.45) is 5.73 Å². The molecule has 3 rings (SSSR count). The van der Waals surface area contributed by atoms with Crippen molar-refractivity contribution >= 4 is 27.0 Å². The topological polar surface area (TPSA) is 66.6 Å². The van der Waals surface area contributed by atoms with Gasteiger partial charge in [0, 0.05) is 31.7 Å². The van der Waals surface area contributed by atoms with Crippen LogP contribution in [0.4, 0.5) is 5.69 Å². The lowest BCUT2D eigenvalue weighted by Gasteiger charge is -2.35. The molecule has 0 amide bonds. The Morgan fingerprint density at radius 1 is 1.08 bits per heavy atom. The second-order valence-corrected chi connectivity index (χ2v) is 8.46. The van der Waals surface area contributed by atoms with Crippen molar-refractivity contribution < 1.29 is 8.42 Å². The van der Waals surface area contributed by atoms with Gasteiger partial charge in [-0.05, 0) is 23.6 Å². The van der Waals surface area contributed by atoms with Crippen molar-refractivity contribution in [3.05, 3.63) is 47.3 Å². The zero-order valence-electron chi connectivity index (χ0n) is 13.2. The van der Waals surface area contributed by atoms with Crippen LogP contribution in [0.5, 0.6) is 0 Å². The Kier molecular flexibility index (Phi) is 5.21. The number of hydrogen-bond donors (Lipinski definition) is 1. The summed E-state index contributed by atoms with van der Waals surface area (Å²) in [6, 6.07) is 11.3. The third-order valence-electron chi connectivity index (χ3n) is 3.90. The Labute approximate surface area is 146 Å². The van der Waals surface area contributed by atoms with Crippen LogP contribution in [-0.2, 0) is 10.0 Å². The fraction of sp³-hybridized carbons (Fsp3) is 0.294. The highest BCUT2D eigenvalue weighted by Gasteiger charge is 2.29. The second kappa shape index (κ2) is 7.36. The molecule has 0 spiro atoms. The molecule has 7 heteroatoms. The molecule has 1 saturated heterocycles. The molecule has 1 fully saturated rings. The molecule has 126 valence electrons. The van der Waals surface area contributed by atoms with E-state index in [2.05, 4.69) is 16.7 Å². The van der Waals surface area contributed by atoms with Crippen molar-refractivity contribution in [2.45, 2.75) is 4.21 Å². The molecule has 2 heterocycles. The number of nitrogens with two attached hydrogens (primary N) is 1. The molecule has 1 aliphatic heterocycles. The number of benzene rings is 1. The first-order chi connectivity index (χ1) is 11.6. The first kappa shape index (κ1) is 17.0. The average molecular weight is 361 g/mol. The third-order valence-corrected chi connectivity index (χ3v) is 7.17. The van der Waals surface area contributed by atoms with Crippen molar-refractivity contribution in [1.29, 1.82) is 0 Å². The number of hydrogen-bond acceptors (Lipinski definition) is 5. The van der Waals surface area contributed by atoms with Gasteiger partial charge in [0.25, 0.3) is 10.0 Å². The van der Waals surface area contributed by atoms with Crippen LogP contribution in [0.2, 0.25) is 0 Å². The lowest BCUT2D eigenvalue weighted by Crippen LogP contribution is -2.48. The number of sulfonamides is 1. The van der Waals surface area contributed by atoms with E-state index in [1.807, 2.05) is 24.3 Å². The molecule has 1 aliphatic rings. The van der Waals surface area contributed by atoms with Crippen molar-refractivity contribution in [3.8, 4) is 11.8 Å². The molecule has 24 heavy (non-hydrogen) atoms. The number of anilines is 1. The molecule has 2 aromatic rings. The Morgan fingerprint density at radius 2 is 1.83 bits per heavy atom. The zero-order chi connectivity index (χ0) is 17.0. The summed E-state index contributed by atoms with van der Waals surface area (Å²) >= 11 is 1.26. The van der Waals surface area contributed by atoms with Gasteiger partial charge in [-0.1, -0.05) is 30.0 Å². The SMILES string of the molecule is NCC#Cc1ccccc1N1CCN(S(=O)(=O)c2cccs2)CC1. The van der Waals surface area contributed by atoms with E-state index in [1.165, 1.54) is 11.3 Å². The summed E-state index contributed by atoms with van der Waals surface area (Å²) in [4.78, 5) is 2.18. The Hall–Kier alpha value is -1.85. The highest BCUT2D eigenvalue weighted by atomic mass is 32.2. The van der Waals surface area contributed by atoms with E-state index >= 15 is 0 Å². The summed E-state index contributed by atoms with van der Waals surface area (Å²) in [5, 5.41) is 1.79. The van der Waals surface area contributed by atoms with Gasteiger partial charge in [-0.25, -0.2) is 8.42 Å². The minimum absolute atomic E-state index is 0.321. The van der Waals surface area contributed by atoms with Crippen LogP contribution in [0.25, 0.3) is 0 Å². The highest BCUT2D eigenvalue weighted by molar-refractivity contribution is 7.91. The smallest absolute Gasteiger partial charge is 0.252 e. The fourth-order valence-corrected chi connectivity index (χ4v) is 5.27. The summed E-state index contributed by atoms with van der Waals surface area (Å²) in [5.41, 5.74) is 7.42. The molecule has 0 atom stereocenters. The minimum Gasteiger partial charge on any atom is -0.368 e. The van der Waals surface area contributed by atoms with Crippen LogP contribution in [0.3, 0.4) is 0 Å². The Morgan fingerprint density at radius 3 is 2.50 bits per heavy atom. The lowest BCUT2D eigenvalue weighted by molar-refractivity contribution is 0.386. The van der Waals surface area contributed by atoms with Gasteiger partial charge in [-0.3, -0.25) is 0 Å². The van der Waals surface area contributed by atoms with Gasteiger partial charge in [0.2, 0.25) is 0 Å². The molecule has 1 aromatic carbocycles. The molecule has 5 nitrogen and oxygen atoms in total. The molecular weight excluding hydrogens is 342 g/mol. The number of para-hydroxylation sites is 1. The average Bonchev–Trinajstić information content (AvgIpc) is 3.16. The zero-order valence-corrected chi connectivity index (χ0v) is 14.8. The van der Waals surface area contributed by atoms with E-state index in [1.54, 1.807) is 21.8 Å². The molecule has 1 aromatic heterocycles. The predicted molar refractivity (Wildman–Crippen MR) is 97.7 cm³/mol. The van der Waals surface area contributed by atoms with Crippen molar-refractivity contribution in [2.75, 3.05) is 37.6 Å². The van der Waals surface area contributed by atoms with E-state index in [0.29, 0.717) is 36.9 Å². The van der Waals surface area contributed by atoms with Crippen LogP contribution in [0, 0.1) is 11.8 Å². The van der Waals surface area contributed by atoms with Gasteiger partial charge < -0.3 is 10.6 Å². The first-order valence-corrected chi connectivity index (χ1v) is 10.0. The standard InChI is InChI=1S/C17H19N3O2S2/c18-9-3-6-15-5-1-2-7-16(15)19-10-12-20(13-11-19)24(21,22)17-8-4-14-23-17/h1-2,4-5,7-8,14H,9-13,18H2. The Bertz CT molecular complexity index is 843. The van der Waals surface area contributed by atoms with E-state index < -0.39 is 10.0 Å². The molecule has 0 unspecified atom stereocenters. The number of rotatable bonds is 3. The molecular formula is C17H19N3O2S2. The van der Waals surface area contributed by atoms with Crippen molar-refractivity contribution in [3.63, 3.8) is 0 Å². The van der Waals surface area contributed by atoms with E-state index in [-0.39, 0.29) is 0 Å². The monoisotopic (exact) mass is 361 g/mol. The number of thiophene rings is 1. The normalized spacial score (nSPS) is 15.8. The van der Waals surface area contributed by atoms with E-state index in [4.69, 9.17) is 5.73 Å². The van der Waals surface area contributed by atoms with Crippen LogP contribution in [-0.4, -0.2) is 45.4 Å². The maximum absolute atomic E-state index is 12.6. The van der Waals surface area contributed by atoms with E-state index in [0.717, 1.165) is 11.3 Å². The molecule has 0 saturated carbocycles. The first-order valence-electron chi connectivity index (χ1n) is 7.69. The maximum atomic E-state index is 12.6. The van der Waals surface area contributed by atoms with Gasteiger partial charge >= 0.3 is 0 Å². The molecule has 0 bridgehead atoms. The van der Waals surface area contributed by atoms with Crippen LogP contribution >= 0.6 is 11.3 Å². The lowest BCUT2D eigenvalue weighted by atomic mass is 10.1. The summed E-state index contributed by atoms with van der Waals surface area (Å²) in [7, 11) is -3.37. The van der Waals surface area contributed by atoms with Crippen LogP contribution in [0.1, 0.15) is 5.56 Å². The third kappa shape index (κ3) is 3.47. The number of nitrogens with zero attached hydrogens (tertiary/aromatic N) is 2. The Balaban J connectivity index is 1.74. The quantitative estimate of drug-likeness (QED) is 0.843. The molecule has 2 N–H and O–H groups in total. The van der Waals surface area contributed by atoms with E-state index in [9.17, 15) is 8.42 Å². The van der Waals surface area contributed by atoms with Gasteiger partial charge in [-0.15, -0.1) is 11.3 Å². The second-order valence-electron chi connectivity index (χ2n) is 5.35. The van der Waals surface area contributed by atoms with Gasteiger partial charge in [0.15, 0.2) is 0 Å².